The van der Waals surface area contributed by atoms with Crippen LogP contribution in [0, 0.1) is 0 Å². The van der Waals surface area contributed by atoms with Crippen LogP contribution in [0.5, 0.6) is 0 Å². The second kappa shape index (κ2) is 8.11. The molecule has 97 valence electrons. The predicted octanol–water partition coefficient (Wildman–Crippen LogP) is 1.54. The van der Waals surface area contributed by atoms with Crippen molar-refractivity contribution < 1.29 is 14.3 Å². The van der Waals surface area contributed by atoms with Gasteiger partial charge in [-0.3, -0.25) is 10.5 Å². The number of carbonyl (C=O) groups excluding carboxylic acids is 2. The lowest BCUT2D eigenvalue weighted by Crippen LogP contribution is -2.30. The first kappa shape index (κ1) is 14.0. The van der Waals surface area contributed by atoms with Gasteiger partial charge in [0.2, 0.25) is 0 Å². The molecule has 0 unspecified atom stereocenters. The molecule has 0 aromatic heterocycles. The third-order valence-electron chi connectivity index (χ3n) is 2.33. The van der Waals surface area contributed by atoms with Crippen LogP contribution in [0.2, 0.25) is 0 Å². The largest absolute Gasteiger partial charge is 0.450 e. The number of benzene rings is 1. The molecule has 0 aliphatic rings. The normalized spacial score (nSPS) is 9.78. The number of carbonyl (C=O) groups is 2. The topological polar surface area (TPSA) is 79.2 Å². The van der Waals surface area contributed by atoms with E-state index < -0.39 is 12.0 Å². The molecule has 0 aliphatic heterocycles. The van der Waals surface area contributed by atoms with Gasteiger partial charge in [0.05, 0.1) is 6.61 Å². The Morgan fingerprint density at radius 2 is 1.89 bits per heavy atom. The lowest BCUT2D eigenvalue weighted by atomic mass is 10.1. The number of alkyl carbamates (subject to hydrolysis) is 1. The van der Waals surface area contributed by atoms with Crippen LogP contribution in [0.25, 0.3) is 0 Å². The van der Waals surface area contributed by atoms with Gasteiger partial charge in [-0.1, -0.05) is 30.3 Å². The highest BCUT2D eigenvalue weighted by Gasteiger charge is 2.03. The second-order valence-electron chi connectivity index (χ2n) is 3.86. The molecule has 0 fully saturated rings. The Hall–Kier alpha value is -2.04. The molecule has 2 amide bonds. The van der Waals surface area contributed by atoms with E-state index >= 15 is 0 Å². The van der Waals surface area contributed by atoms with Crippen molar-refractivity contribution in [1.82, 2.24) is 11.1 Å². The zero-order valence-corrected chi connectivity index (χ0v) is 10.1. The molecule has 1 rings (SSSR count). The van der Waals surface area contributed by atoms with Crippen molar-refractivity contribution in [2.45, 2.75) is 19.3 Å². The summed E-state index contributed by atoms with van der Waals surface area (Å²) in [5.74, 6) is -0.837. The van der Waals surface area contributed by atoms with Gasteiger partial charge >= 0.3 is 6.09 Å². The third-order valence-corrected chi connectivity index (χ3v) is 2.33. The highest BCUT2D eigenvalue weighted by Crippen LogP contribution is 2.04. The second-order valence-corrected chi connectivity index (χ2v) is 3.86. The van der Waals surface area contributed by atoms with Crippen LogP contribution in [-0.2, 0) is 16.0 Å². The van der Waals surface area contributed by atoms with Crippen molar-refractivity contribution in [3.8, 4) is 0 Å². The SMILES string of the molecule is [NH]C(=O)CNC(=O)OCCCCc1ccccc1. The van der Waals surface area contributed by atoms with E-state index in [0.717, 1.165) is 19.3 Å². The number of hydrogen-bond acceptors (Lipinski definition) is 3. The molecule has 1 aromatic rings. The van der Waals surface area contributed by atoms with Crippen LogP contribution in [0.4, 0.5) is 4.79 Å². The lowest BCUT2D eigenvalue weighted by molar-refractivity contribution is -0.117. The molecule has 0 saturated carbocycles. The van der Waals surface area contributed by atoms with Crippen molar-refractivity contribution in [3.63, 3.8) is 0 Å². The zero-order valence-electron chi connectivity index (χ0n) is 10.1. The maximum absolute atomic E-state index is 11.0. The molecule has 0 heterocycles. The summed E-state index contributed by atoms with van der Waals surface area (Å²) in [5, 5.41) is 2.19. The summed E-state index contributed by atoms with van der Waals surface area (Å²) in [5.41, 5.74) is 7.87. The average Bonchev–Trinajstić information content (AvgIpc) is 2.37. The van der Waals surface area contributed by atoms with E-state index in [1.165, 1.54) is 5.56 Å². The molecule has 0 aliphatic carbocycles. The van der Waals surface area contributed by atoms with E-state index in [1.807, 2.05) is 18.2 Å². The molecule has 5 nitrogen and oxygen atoms in total. The van der Waals surface area contributed by atoms with Gasteiger partial charge in [0.15, 0.2) is 0 Å². The van der Waals surface area contributed by atoms with Crippen molar-refractivity contribution in [3.05, 3.63) is 35.9 Å². The van der Waals surface area contributed by atoms with Gasteiger partial charge in [0, 0.05) is 0 Å². The van der Waals surface area contributed by atoms with Crippen molar-refractivity contribution in [1.29, 1.82) is 0 Å². The van der Waals surface area contributed by atoms with Crippen molar-refractivity contribution in [2.24, 2.45) is 0 Å². The smallest absolute Gasteiger partial charge is 0.407 e. The van der Waals surface area contributed by atoms with Crippen molar-refractivity contribution in [2.75, 3.05) is 13.2 Å². The van der Waals surface area contributed by atoms with Gasteiger partial charge in [-0.25, -0.2) is 4.79 Å². The molecule has 1 radical (unpaired) electrons. The van der Waals surface area contributed by atoms with E-state index in [9.17, 15) is 9.59 Å². The molecule has 0 spiro atoms. The minimum Gasteiger partial charge on any atom is -0.450 e. The van der Waals surface area contributed by atoms with E-state index in [-0.39, 0.29) is 6.54 Å². The zero-order chi connectivity index (χ0) is 13.2. The number of rotatable bonds is 7. The quantitative estimate of drug-likeness (QED) is 0.744. The first-order valence-electron chi connectivity index (χ1n) is 5.87. The lowest BCUT2D eigenvalue weighted by Gasteiger charge is -2.05. The minimum atomic E-state index is -0.837. The van der Waals surface area contributed by atoms with Gasteiger partial charge in [0.1, 0.15) is 6.54 Å². The summed E-state index contributed by atoms with van der Waals surface area (Å²) >= 11 is 0. The highest BCUT2D eigenvalue weighted by molar-refractivity contribution is 5.79. The number of amides is 2. The van der Waals surface area contributed by atoms with E-state index in [4.69, 9.17) is 10.5 Å². The predicted molar refractivity (Wildman–Crippen MR) is 66.8 cm³/mol. The maximum Gasteiger partial charge on any atom is 0.407 e. The van der Waals surface area contributed by atoms with Crippen molar-refractivity contribution >= 4 is 12.0 Å². The van der Waals surface area contributed by atoms with Crippen LogP contribution in [-0.4, -0.2) is 25.2 Å². The van der Waals surface area contributed by atoms with E-state index in [2.05, 4.69) is 17.4 Å². The summed E-state index contributed by atoms with van der Waals surface area (Å²) in [6.07, 6.45) is 2.03. The van der Waals surface area contributed by atoms with Gasteiger partial charge in [-0.05, 0) is 24.8 Å². The Morgan fingerprint density at radius 3 is 2.56 bits per heavy atom. The molecule has 18 heavy (non-hydrogen) atoms. The Labute approximate surface area is 106 Å². The van der Waals surface area contributed by atoms with Crippen LogP contribution in [0.15, 0.2) is 30.3 Å². The molecular weight excluding hydrogens is 232 g/mol. The number of ether oxygens (including phenoxy) is 1. The first-order valence-corrected chi connectivity index (χ1v) is 5.87. The molecule has 0 atom stereocenters. The first-order chi connectivity index (χ1) is 8.68. The fraction of sp³-hybridized carbons (Fsp3) is 0.385. The molecule has 2 N–H and O–H groups in total. The molecule has 0 bridgehead atoms. The molecule has 0 saturated heterocycles. The number of aryl methyl sites for hydroxylation is 1. The Balaban J connectivity index is 2.02. The molecule has 1 aromatic carbocycles. The summed E-state index contributed by atoms with van der Waals surface area (Å²) in [4.78, 5) is 21.3. The molecule has 5 heteroatoms. The summed E-state index contributed by atoms with van der Waals surface area (Å²) < 4.78 is 4.84. The van der Waals surface area contributed by atoms with Crippen LogP contribution in [0.3, 0.4) is 0 Å². The summed E-state index contributed by atoms with van der Waals surface area (Å²) in [7, 11) is 0. The third kappa shape index (κ3) is 6.52. The Morgan fingerprint density at radius 1 is 1.17 bits per heavy atom. The number of hydrogen-bond donors (Lipinski definition) is 1. The Bertz CT molecular complexity index is 379. The highest BCUT2D eigenvalue weighted by atomic mass is 16.5. The van der Waals surface area contributed by atoms with Gasteiger partial charge in [0.25, 0.3) is 5.91 Å². The standard InChI is InChI=1S/C13H17N2O3/c14-12(16)10-15-13(17)18-9-5-4-8-11-6-2-1-3-7-11/h1-3,6-7,14H,4-5,8-10H2,(H,15,17). The van der Waals surface area contributed by atoms with Crippen LogP contribution >= 0.6 is 0 Å². The fourth-order valence-electron chi connectivity index (χ4n) is 1.44. The van der Waals surface area contributed by atoms with E-state index in [1.54, 1.807) is 0 Å². The summed E-state index contributed by atoms with van der Waals surface area (Å²) in [6.45, 7) is 0.0215. The maximum atomic E-state index is 11.0. The number of unbranched alkanes of at least 4 members (excludes halogenated alkanes) is 1. The van der Waals surface area contributed by atoms with Gasteiger partial charge in [-0.15, -0.1) is 0 Å². The minimum absolute atomic E-state index is 0.303. The van der Waals surface area contributed by atoms with E-state index in [0.29, 0.717) is 6.61 Å². The monoisotopic (exact) mass is 249 g/mol. The average molecular weight is 249 g/mol. The molecular formula is C13H17N2O3. The number of nitrogens with one attached hydrogen (secondary N) is 2. The van der Waals surface area contributed by atoms with Crippen LogP contribution in [0.1, 0.15) is 18.4 Å². The Kier molecular flexibility index (Phi) is 6.32. The van der Waals surface area contributed by atoms with Gasteiger partial charge < -0.3 is 10.1 Å². The fourth-order valence-corrected chi connectivity index (χ4v) is 1.44. The van der Waals surface area contributed by atoms with Gasteiger partial charge in [-0.2, -0.15) is 0 Å². The van der Waals surface area contributed by atoms with Crippen LogP contribution < -0.4 is 11.1 Å². The summed E-state index contributed by atoms with van der Waals surface area (Å²) in [6, 6.07) is 10.1.